The number of fused-ring (bicyclic) bond motifs is 9. The number of nitrogens with zero attached hydrogens (tertiary/aromatic N) is 7. The minimum absolute atomic E-state index is 0.676. The fourth-order valence-electron chi connectivity index (χ4n) is 12.5. The van der Waals surface area contributed by atoms with Gasteiger partial charge in [-0.1, -0.05) is 243 Å². The van der Waals surface area contributed by atoms with Gasteiger partial charge in [0.25, 0.3) is 0 Å². The number of aromatic nitrogens is 7. The van der Waals surface area contributed by atoms with Crippen LogP contribution in [0.4, 0.5) is 0 Å². The maximum atomic E-state index is 5.26. The van der Waals surface area contributed by atoms with Crippen LogP contribution in [0, 0.1) is 0 Å². The predicted molar refractivity (Wildman–Crippen MR) is 360 cm³/mol. The Morgan fingerprint density at radius 2 is 0.414 bits per heavy atom. The Bertz CT molecular complexity index is 4970. The Morgan fingerprint density at radius 3 is 0.724 bits per heavy atom. The van der Waals surface area contributed by atoms with Gasteiger partial charge >= 0.3 is 0 Å². The number of benzene rings is 12. The molecule has 0 amide bonds. The summed E-state index contributed by atoms with van der Waals surface area (Å²) in [5, 5.41) is 7.42. The minimum atomic E-state index is 0.676. The van der Waals surface area contributed by atoms with Crippen LogP contribution in [0.15, 0.2) is 322 Å². The number of hydrogen-bond donors (Lipinski definition) is 0. The second kappa shape index (κ2) is 21.8. The highest BCUT2D eigenvalue weighted by atomic mass is 15.0. The quantitative estimate of drug-likeness (QED) is 0.144. The lowest BCUT2D eigenvalue weighted by Crippen LogP contribution is -2.02. The first-order valence-corrected chi connectivity index (χ1v) is 29.4. The Balaban J connectivity index is 0.000000147. The standard InChI is InChI=1S/C46H30N4.C34H23N3/c1-3-15-31(16-4-1)40-30-41(32-17-5-2-6-18-32)48-46(47-40)33-27-34(49-42-23-11-7-19-36(42)37-20-8-12-24-43(37)49)29-35(28-33)50-44-25-13-9-21-38(44)39-22-10-14-26-45(39)50;1-3-11-24(12-4-1)30-23-31(36-34(35-30)26-13-5-2-6-14-26)25-19-21-27(22-20-25)37-32-17-9-7-15-28(32)29-16-8-10-18-33(29)37/h1-30H;1-23H. The third-order valence-corrected chi connectivity index (χ3v) is 16.5. The molecule has 0 fully saturated rings. The Labute approximate surface area is 502 Å². The molecular formula is C80H53N7. The van der Waals surface area contributed by atoms with E-state index in [0.717, 1.165) is 101 Å². The summed E-state index contributed by atoms with van der Waals surface area (Å²) in [5.41, 5.74) is 20.0. The second-order valence-corrected chi connectivity index (χ2v) is 21.8. The smallest absolute Gasteiger partial charge is 0.160 e. The normalized spacial score (nSPS) is 11.4. The van der Waals surface area contributed by atoms with E-state index in [0.29, 0.717) is 5.82 Å². The van der Waals surface area contributed by atoms with Crippen LogP contribution >= 0.6 is 0 Å². The molecule has 5 heterocycles. The van der Waals surface area contributed by atoms with E-state index >= 15 is 0 Å². The monoisotopic (exact) mass is 1110 g/mol. The van der Waals surface area contributed by atoms with Crippen LogP contribution in [-0.2, 0) is 0 Å². The fourth-order valence-corrected chi connectivity index (χ4v) is 12.5. The highest BCUT2D eigenvalue weighted by Gasteiger charge is 2.20. The van der Waals surface area contributed by atoms with E-state index < -0.39 is 0 Å². The first-order valence-electron chi connectivity index (χ1n) is 29.4. The van der Waals surface area contributed by atoms with E-state index in [1.54, 1.807) is 0 Å². The van der Waals surface area contributed by atoms with Crippen LogP contribution in [0.5, 0.6) is 0 Å². The molecule has 0 aliphatic heterocycles. The molecule has 17 rings (SSSR count). The number of rotatable bonds is 9. The molecule has 0 saturated carbocycles. The molecule has 17 aromatic rings. The zero-order chi connectivity index (χ0) is 57.6. The summed E-state index contributed by atoms with van der Waals surface area (Å²) in [6, 6.07) is 113. The Morgan fingerprint density at radius 1 is 0.172 bits per heavy atom. The van der Waals surface area contributed by atoms with E-state index in [1.807, 2.05) is 48.5 Å². The van der Waals surface area contributed by atoms with E-state index in [4.69, 9.17) is 19.9 Å². The third kappa shape index (κ3) is 9.28. The molecule has 87 heavy (non-hydrogen) atoms. The zero-order valence-electron chi connectivity index (χ0n) is 47.2. The molecule has 7 nitrogen and oxygen atoms in total. The van der Waals surface area contributed by atoms with Gasteiger partial charge in [-0.15, -0.1) is 0 Å². The van der Waals surface area contributed by atoms with Crippen molar-refractivity contribution in [2.45, 2.75) is 0 Å². The minimum Gasteiger partial charge on any atom is -0.309 e. The van der Waals surface area contributed by atoms with Crippen molar-refractivity contribution in [3.05, 3.63) is 322 Å². The highest BCUT2D eigenvalue weighted by Crippen LogP contribution is 2.39. The summed E-state index contributed by atoms with van der Waals surface area (Å²) in [5.74, 6) is 1.40. The topological polar surface area (TPSA) is 66.3 Å². The molecular weight excluding hydrogens is 1060 g/mol. The first-order chi connectivity index (χ1) is 43.1. The fraction of sp³-hybridized carbons (Fsp3) is 0. The van der Waals surface area contributed by atoms with Crippen molar-refractivity contribution in [2.24, 2.45) is 0 Å². The largest absolute Gasteiger partial charge is 0.309 e. The van der Waals surface area contributed by atoms with Gasteiger partial charge in [0.05, 0.1) is 55.9 Å². The van der Waals surface area contributed by atoms with E-state index in [9.17, 15) is 0 Å². The SMILES string of the molecule is c1ccc(-c2cc(-c3ccc(-n4c5ccccc5c5ccccc54)cc3)nc(-c3ccccc3)n2)cc1.c1ccc(-c2cc(-c3ccccc3)nc(-c3cc(-n4c5ccccc5c5ccccc54)cc(-n4c5ccccc5c5ccccc54)c3)n2)cc1. The van der Waals surface area contributed by atoms with Crippen LogP contribution in [0.2, 0.25) is 0 Å². The molecule has 0 atom stereocenters. The van der Waals surface area contributed by atoms with Crippen LogP contribution in [0.25, 0.3) is 150 Å². The summed E-state index contributed by atoms with van der Waals surface area (Å²) in [6.45, 7) is 0. The van der Waals surface area contributed by atoms with Crippen molar-refractivity contribution in [3.63, 3.8) is 0 Å². The lowest BCUT2D eigenvalue weighted by molar-refractivity contribution is 1.12. The van der Waals surface area contributed by atoms with Crippen LogP contribution < -0.4 is 0 Å². The summed E-state index contributed by atoms with van der Waals surface area (Å²) < 4.78 is 7.09. The van der Waals surface area contributed by atoms with Crippen molar-refractivity contribution in [1.29, 1.82) is 0 Å². The van der Waals surface area contributed by atoms with Crippen LogP contribution in [-0.4, -0.2) is 33.6 Å². The summed E-state index contributed by atoms with van der Waals surface area (Å²) >= 11 is 0. The van der Waals surface area contributed by atoms with Crippen LogP contribution in [0.1, 0.15) is 0 Å². The maximum absolute atomic E-state index is 5.26. The maximum Gasteiger partial charge on any atom is 0.160 e. The van der Waals surface area contributed by atoms with E-state index in [1.165, 1.54) is 43.4 Å². The summed E-state index contributed by atoms with van der Waals surface area (Å²) in [4.78, 5) is 20.4. The molecule has 0 spiro atoms. The summed E-state index contributed by atoms with van der Waals surface area (Å²) in [6.07, 6.45) is 0. The molecule has 0 unspecified atom stereocenters. The van der Waals surface area contributed by atoms with Gasteiger partial charge in [-0.05, 0) is 78.9 Å². The van der Waals surface area contributed by atoms with E-state index in [2.05, 4.69) is 287 Å². The van der Waals surface area contributed by atoms with Gasteiger partial charge in [-0.3, -0.25) is 0 Å². The van der Waals surface area contributed by atoms with Gasteiger partial charge in [0.15, 0.2) is 11.6 Å². The van der Waals surface area contributed by atoms with Gasteiger partial charge in [0.2, 0.25) is 0 Å². The third-order valence-electron chi connectivity index (χ3n) is 16.5. The lowest BCUT2D eigenvalue weighted by Gasteiger charge is -2.16. The Hall–Kier alpha value is -11.8. The molecule has 0 N–H and O–H groups in total. The second-order valence-electron chi connectivity index (χ2n) is 21.8. The number of para-hydroxylation sites is 6. The van der Waals surface area contributed by atoms with Crippen molar-refractivity contribution >= 4 is 65.4 Å². The van der Waals surface area contributed by atoms with E-state index in [-0.39, 0.29) is 0 Å². The number of hydrogen-bond acceptors (Lipinski definition) is 4. The van der Waals surface area contributed by atoms with Gasteiger partial charge in [0, 0.05) is 82.8 Å². The van der Waals surface area contributed by atoms with Crippen molar-refractivity contribution in [3.8, 4) is 84.9 Å². The molecule has 0 radical (unpaired) electrons. The molecule has 408 valence electrons. The van der Waals surface area contributed by atoms with Gasteiger partial charge in [-0.25, -0.2) is 19.9 Å². The molecule has 0 bridgehead atoms. The van der Waals surface area contributed by atoms with Crippen molar-refractivity contribution in [2.75, 3.05) is 0 Å². The predicted octanol–water partition coefficient (Wildman–Crippen LogP) is 20.2. The van der Waals surface area contributed by atoms with Crippen molar-refractivity contribution < 1.29 is 0 Å². The Kier molecular flexibility index (Phi) is 12.7. The van der Waals surface area contributed by atoms with Gasteiger partial charge in [0.1, 0.15) is 0 Å². The molecule has 7 heteroatoms. The van der Waals surface area contributed by atoms with Gasteiger partial charge in [-0.2, -0.15) is 0 Å². The highest BCUT2D eigenvalue weighted by molar-refractivity contribution is 6.11. The molecule has 12 aromatic carbocycles. The summed E-state index contributed by atoms with van der Waals surface area (Å²) in [7, 11) is 0. The molecule has 5 aromatic heterocycles. The molecule has 0 aliphatic rings. The van der Waals surface area contributed by atoms with Crippen molar-refractivity contribution in [1.82, 2.24) is 33.6 Å². The van der Waals surface area contributed by atoms with Crippen LogP contribution in [0.3, 0.4) is 0 Å². The lowest BCUT2D eigenvalue weighted by atomic mass is 10.1. The average molecular weight is 1110 g/mol. The molecule has 0 saturated heterocycles. The molecule has 0 aliphatic carbocycles. The zero-order valence-corrected chi connectivity index (χ0v) is 47.2. The van der Waals surface area contributed by atoms with Gasteiger partial charge < -0.3 is 13.7 Å². The average Bonchev–Trinajstić information content (AvgIpc) is 1.88. The first kappa shape index (κ1) is 50.9.